The largest absolute Gasteiger partial charge is 0.148 e. The first-order valence-electron chi connectivity index (χ1n) is 5.81. The van der Waals surface area contributed by atoms with Crippen molar-refractivity contribution in [3.63, 3.8) is 0 Å². The van der Waals surface area contributed by atoms with Crippen LogP contribution in [0.5, 0.6) is 0 Å². The molecule has 0 spiro atoms. The molecular weight excluding hydrogens is 188 g/mol. The molecular formula is C13H18S. The van der Waals surface area contributed by atoms with Crippen molar-refractivity contribution in [3.8, 4) is 0 Å². The van der Waals surface area contributed by atoms with Gasteiger partial charge in [-0.05, 0) is 60.4 Å². The van der Waals surface area contributed by atoms with Gasteiger partial charge in [0.25, 0.3) is 0 Å². The van der Waals surface area contributed by atoms with E-state index in [0.29, 0.717) is 0 Å². The number of thiophene rings is 1. The van der Waals surface area contributed by atoms with E-state index in [1.165, 1.54) is 31.2 Å². The fourth-order valence-electron chi connectivity index (χ4n) is 3.07. The fourth-order valence-corrected chi connectivity index (χ4v) is 4.18. The van der Waals surface area contributed by atoms with E-state index >= 15 is 0 Å². The van der Waals surface area contributed by atoms with Gasteiger partial charge >= 0.3 is 0 Å². The van der Waals surface area contributed by atoms with Gasteiger partial charge in [-0.15, -0.1) is 11.3 Å². The van der Waals surface area contributed by atoms with Crippen LogP contribution in [0.3, 0.4) is 0 Å². The summed E-state index contributed by atoms with van der Waals surface area (Å²) in [7, 11) is 0. The van der Waals surface area contributed by atoms with Crippen LogP contribution in [-0.2, 0) is 0 Å². The summed E-state index contributed by atoms with van der Waals surface area (Å²) < 4.78 is 0. The van der Waals surface area contributed by atoms with Gasteiger partial charge in [0.2, 0.25) is 0 Å². The summed E-state index contributed by atoms with van der Waals surface area (Å²) in [5.74, 6) is 1.99. The van der Waals surface area contributed by atoms with Gasteiger partial charge in [0.05, 0.1) is 0 Å². The Labute approximate surface area is 90.3 Å². The Balaban J connectivity index is 1.77. The quantitative estimate of drug-likeness (QED) is 0.689. The van der Waals surface area contributed by atoms with E-state index in [1.54, 1.807) is 4.88 Å². The Morgan fingerprint density at radius 1 is 1.50 bits per heavy atom. The molecule has 0 aromatic carbocycles. The van der Waals surface area contributed by atoms with E-state index in [-0.39, 0.29) is 0 Å². The summed E-state index contributed by atoms with van der Waals surface area (Å²) in [4.78, 5) is 1.69. The van der Waals surface area contributed by atoms with Crippen LogP contribution in [0.4, 0.5) is 0 Å². The summed E-state index contributed by atoms with van der Waals surface area (Å²) in [5.41, 5.74) is 2.33. The standard InChI is InChI=1S/C13H18S/c1-3-13(5-6-13)11-8-10(11)12-9(2)4-7-14-12/h4,7,10-11H,3,5-6,8H2,1-2H3/t10-,11-/m1/s1. The molecule has 0 amide bonds. The number of rotatable bonds is 3. The van der Waals surface area contributed by atoms with Crippen LogP contribution in [0.1, 0.15) is 49.0 Å². The average molecular weight is 206 g/mol. The highest BCUT2D eigenvalue weighted by Gasteiger charge is 2.58. The molecule has 2 aliphatic rings. The normalized spacial score (nSPS) is 33.0. The van der Waals surface area contributed by atoms with E-state index in [2.05, 4.69) is 25.3 Å². The third-order valence-electron chi connectivity index (χ3n) is 4.41. The Morgan fingerprint density at radius 2 is 2.29 bits per heavy atom. The average Bonchev–Trinajstić information content (AvgIpc) is 3.08. The molecule has 3 rings (SSSR count). The van der Waals surface area contributed by atoms with Crippen LogP contribution in [0.15, 0.2) is 11.4 Å². The Morgan fingerprint density at radius 3 is 2.79 bits per heavy atom. The van der Waals surface area contributed by atoms with Gasteiger partial charge < -0.3 is 0 Å². The van der Waals surface area contributed by atoms with E-state index in [1.807, 2.05) is 11.3 Å². The molecule has 0 radical (unpaired) electrons. The minimum absolute atomic E-state index is 0.793. The van der Waals surface area contributed by atoms with Gasteiger partial charge in [0.15, 0.2) is 0 Å². The highest BCUT2D eigenvalue weighted by Crippen LogP contribution is 2.69. The summed E-state index contributed by atoms with van der Waals surface area (Å²) in [6, 6.07) is 2.28. The zero-order valence-electron chi connectivity index (χ0n) is 9.05. The van der Waals surface area contributed by atoms with Gasteiger partial charge in [-0.1, -0.05) is 13.3 Å². The van der Waals surface area contributed by atoms with Crippen molar-refractivity contribution in [2.24, 2.45) is 11.3 Å². The fraction of sp³-hybridized carbons (Fsp3) is 0.692. The minimum atomic E-state index is 0.793. The molecule has 1 aromatic heterocycles. The second-order valence-corrected chi connectivity index (χ2v) is 6.08. The van der Waals surface area contributed by atoms with Crippen molar-refractivity contribution >= 4 is 11.3 Å². The molecule has 2 saturated carbocycles. The maximum Gasteiger partial charge on any atom is 0.0108 e. The van der Waals surface area contributed by atoms with E-state index in [4.69, 9.17) is 0 Å². The minimum Gasteiger partial charge on any atom is -0.148 e. The lowest BCUT2D eigenvalue weighted by atomic mass is 9.95. The SMILES string of the molecule is CCC1([C@@H]2C[C@H]2c2sccc2C)CC1. The van der Waals surface area contributed by atoms with Crippen LogP contribution in [-0.4, -0.2) is 0 Å². The Kier molecular flexibility index (Phi) is 1.82. The van der Waals surface area contributed by atoms with Gasteiger partial charge in [-0.3, -0.25) is 0 Å². The highest BCUT2D eigenvalue weighted by atomic mass is 32.1. The van der Waals surface area contributed by atoms with Crippen LogP contribution >= 0.6 is 11.3 Å². The van der Waals surface area contributed by atoms with Crippen molar-refractivity contribution in [1.82, 2.24) is 0 Å². The van der Waals surface area contributed by atoms with E-state index in [0.717, 1.165) is 17.3 Å². The van der Waals surface area contributed by atoms with Crippen molar-refractivity contribution < 1.29 is 0 Å². The predicted molar refractivity (Wildman–Crippen MR) is 61.9 cm³/mol. The maximum atomic E-state index is 2.38. The molecule has 2 aliphatic carbocycles. The Bertz CT molecular complexity index is 346. The zero-order valence-corrected chi connectivity index (χ0v) is 9.86. The third-order valence-corrected chi connectivity index (χ3v) is 5.56. The van der Waals surface area contributed by atoms with Crippen LogP contribution in [0.2, 0.25) is 0 Å². The molecule has 0 bridgehead atoms. The topological polar surface area (TPSA) is 0 Å². The number of hydrogen-bond acceptors (Lipinski definition) is 1. The number of hydrogen-bond donors (Lipinski definition) is 0. The predicted octanol–water partition coefficient (Wildman–Crippen LogP) is 4.35. The first kappa shape index (κ1) is 8.96. The van der Waals surface area contributed by atoms with Gasteiger partial charge in [0, 0.05) is 4.88 Å². The Hall–Kier alpha value is -0.300. The lowest BCUT2D eigenvalue weighted by Crippen LogP contribution is -2.02. The van der Waals surface area contributed by atoms with Crippen LogP contribution in [0.25, 0.3) is 0 Å². The van der Waals surface area contributed by atoms with E-state index < -0.39 is 0 Å². The zero-order chi connectivity index (χ0) is 9.76. The van der Waals surface area contributed by atoms with E-state index in [9.17, 15) is 0 Å². The lowest BCUT2D eigenvalue weighted by molar-refractivity contribution is 0.416. The maximum absolute atomic E-state index is 2.38. The smallest absolute Gasteiger partial charge is 0.0108 e. The molecule has 14 heavy (non-hydrogen) atoms. The molecule has 2 fully saturated rings. The molecule has 0 nitrogen and oxygen atoms in total. The molecule has 0 aliphatic heterocycles. The van der Waals surface area contributed by atoms with Crippen molar-refractivity contribution in [1.29, 1.82) is 0 Å². The lowest BCUT2D eigenvalue weighted by Gasteiger charge is -2.11. The molecule has 0 saturated heterocycles. The van der Waals surface area contributed by atoms with Crippen molar-refractivity contribution in [3.05, 3.63) is 21.9 Å². The summed E-state index contributed by atoms with van der Waals surface area (Å²) in [5, 5.41) is 2.26. The van der Waals surface area contributed by atoms with Gasteiger partial charge in [0.1, 0.15) is 0 Å². The van der Waals surface area contributed by atoms with Crippen LogP contribution in [0, 0.1) is 18.3 Å². The molecule has 0 N–H and O–H groups in total. The van der Waals surface area contributed by atoms with Crippen LogP contribution < -0.4 is 0 Å². The second kappa shape index (κ2) is 2.85. The molecule has 1 aromatic rings. The summed E-state index contributed by atoms with van der Waals surface area (Å²) in [6.07, 6.45) is 5.91. The molecule has 76 valence electrons. The molecule has 2 atom stereocenters. The molecule has 1 heterocycles. The number of aryl methyl sites for hydroxylation is 1. The third kappa shape index (κ3) is 1.18. The summed E-state index contributed by atoms with van der Waals surface area (Å²) in [6.45, 7) is 4.65. The molecule has 0 unspecified atom stereocenters. The first-order valence-corrected chi connectivity index (χ1v) is 6.69. The summed E-state index contributed by atoms with van der Waals surface area (Å²) >= 11 is 1.98. The monoisotopic (exact) mass is 206 g/mol. The van der Waals surface area contributed by atoms with Crippen molar-refractivity contribution in [2.75, 3.05) is 0 Å². The molecule has 1 heteroatoms. The van der Waals surface area contributed by atoms with Gasteiger partial charge in [-0.25, -0.2) is 0 Å². The van der Waals surface area contributed by atoms with Gasteiger partial charge in [-0.2, -0.15) is 0 Å². The second-order valence-electron chi connectivity index (χ2n) is 5.13. The first-order chi connectivity index (χ1) is 6.77. The van der Waals surface area contributed by atoms with Crippen molar-refractivity contribution in [2.45, 2.75) is 45.4 Å². The highest BCUT2D eigenvalue weighted by molar-refractivity contribution is 7.10.